The maximum absolute atomic E-state index is 12.3. The molecule has 0 aliphatic carbocycles. The molecule has 2 aromatic heterocycles. The van der Waals surface area contributed by atoms with Crippen LogP contribution in [0.15, 0.2) is 29.1 Å². The Morgan fingerprint density at radius 2 is 2.00 bits per heavy atom. The second-order valence-electron chi connectivity index (χ2n) is 8.34. The van der Waals surface area contributed by atoms with Crippen molar-refractivity contribution in [3.63, 3.8) is 0 Å². The van der Waals surface area contributed by atoms with Crippen molar-refractivity contribution in [2.75, 3.05) is 19.8 Å². The molecule has 9 heteroatoms. The first-order valence-electron chi connectivity index (χ1n) is 11.0. The fourth-order valence-corrected chi connectivity index (χ4v) is 4.50. The van der Waals surface area contributed by atoms with Gasteiger partial charge in [-0.3, -0.25) is 4.79 Å². The summed E-state index contributed by atoms with van der Waals surface area (Å²) in [5.41, 5.74) is 2.37. The summed E-state index contributed by atoms with van der Waals surface area (Å²) >= 11 is 0. The SMILES string of the molecule is CCc1c(-c2ccc3c(c2)cc(CNCC2CCOCC2)n3C)[nH]c(=O)c(C(=O)O)c1O.Cl. The number of pyridine rings is 1. The number of fused-ring (bicyclic) bond motifs is 1. The molecule has 1 fully saturated rings. The van der Waals surface area contributed by atoms with Crippen LogP contribution in [-0.4, -0.2) is 45.5 Å². The Morgan fingerprint density at radius 1 is 1.27 bits per heavy atom. The summed E-state index contributed by atoms with van der Waals surface area (Å²) in [4.78, 5) is 26.3. The van der Waals surface area contributed by atoms with Crippen LogP contribution in [0, 0.1) is 5.92 Å². The van der Waals surface area contributed by atoms with E-state index in [1.165, 1.54) is 0 Å². The highest BCUT2D eigenvalue weighted by molar-refractivity contribution is 5.92. The molecule has 0 radical (unpaired) electrons. The molecule has 0 amide bonds. The van der Waals surface area contributed by atoms with Gasteiger partial charge >= 0.3 is 5.97 Å². The average Bonchev–Trinajstić information content (AvgIpc) is 3.08. The van der Waals surface area contributed by atoms with E-state index in [1.807, 2.05) is 32.2 Å². The zero-order valence-electron chi connectivity index (χ0n) is 18.8. The number of benzene rings is 1. The maximum atomic E-state index is 12.3. The van der Waals surface area contributed by atoms with Gasteiger partial charge in [0.1, 0.15) is 5.75 Å². The Labute approximate surface area is 198 Å². The van der Waals surface area contributed by atoms with Crippen molar-refractivity contribution < 1.29 is 19.7 Å². The monoisotopic (exact) mass is 475 g/mol. The minimum absolute atomic E-state index is 0. The van der Waals surface area contributed by atoms with Crippen molar-refractivity contribution in [3.8, 4) is 17.0 Å². The lowest BCUT2D eigenvalue weighted by atomic mass is 9.99. The maximum Gasteiger partial charge on any atom is 0.345 e. The number of hydrogen-bond acceptors (Lipinski definition) is 5. The van der Waals surface area contributed by atoms with Crippen molar-refractivity contribution in [1.82, 2.24) is 14.9 Å². The topological polar surface area (TPSA) is 117 Å². The quantitative estimate of drug-likeness (QED) is 0.416. The number of nitrogens with one attached hydrogen (secondary N) is 2. The third-order valence-corrected chi connectivity index (χ3v) is 6.37. The van der Waals surface area contributed by atoms with Crippen LogP contribution in [0.3, 0.4) is 0 Å². The summed E-state index contributed by atoms with van der Waals surface area (Å²) < 4.78 is 7.57. The van der Waals surface area contributed by atoms with Crippen molar-refractivity contribution in [2.24, 2.45) is 13.0 Å². The number of aromatic amines is 1. The number of aromatic hydroxyl groups is 1. The minimum Gasteiger partial charge on any atom is -0.506 e. The highest BCUT2D eigenvalue weighted by Crippen LogP contribution is 2.32. The number of carbonyl (C=O) groups is 1. The van der Waals surface area contributed by atoms with Crippen LogP contribution < -0.4 is 10.9 Å². The number of carboxylic acids is 1. The molecule has 33 heavy (non-hydrogen) atoms. The van der Waals surface area contributed by atoms with Crippen molar-refractivity contribution in [3.05, 3.63) is 51.4 Å². The average molecular weight is 476 g/mol. The third-order valence-electron chi connectivity index (χ3n) is 6.37. The predicted octanol–water partition coefficient (Wildman–Crippen LogP) is 3.44. The smallest absolute Gasteiger partial charge is 0.345 e. The summed E-state index contributed by atoms with van der Waals surface area (Å²) in [6.45, 7) is 5.21. The Morgan fingerprint density at radius 3 is 2.67 bits per heavy atom. The number of hydrogen-bond donors (Lipinski definition) is 4. The highest BCUT2D eigenvalue weighted by atomic mass is 35.5. The molecule has 4 rings (SSSR count). The van der Waals surface area contributed by atoms with Crippen LogP contribution in [-0.2, 0) is 24.8 Å². The van der Waals surface area contributed by atoms with Crippen LogP contribution in [0.1, 0.15) is 41.4 Å². The molecular weight excluding hydrogens is 446 g/mol. The number of H-pyrrole nitrogens is 1. The Balaban J connectivity index is 0.00000306. The zero-order valence-corrected chi connectivity index (χ0v) is 19.6. The first-order chi connectivity index (χ1) is 15.4. The highest BCUT2D eigenvalue weighted by Gasteiger charge is 2.22. The van der Waals surface area contributed by atoms with Gasteiger partial charge in [-0.25, -0.2) is 4.79 Å². The molecule has 1 aromatic carbocycles. The summed E-state index contributed by atoms with van der Waals surface area (Å²) in [5.74, 6) is -1.26. The van der Waals surface area contributed by atoms with Crippen LogP contribution in [0.4, 0.5) is 0 Å². The molecule has 0 atom stereocenters. The zero-order chi connectivity index (χ0) is 22.8. The van der Waals surface area contributed by atoms with Gasteiger partial charge in [0.2, 0.25) is 0 Å². The van der Waals surface area contributed by atoms with Crippen molar-refractivity contribution in [1.29, 1.82) is 0 Å². The van der Waals surface area contributed by atoms with E-state index < -0.39 is 22.8 Å². The second-order valence-corrected chi connectivity index (χ2v) is 8.34. The van der Waals surface area contributed by atoms with Gasteiger partial charge in [0.25, 0.3) is 5.56 Å². The summed E-state index contributed by atoms with van der Waals surface area (Å²) in [6, 6.07) is 7.94. The lowest BCUT2D eigenvalue weighted by Crippen LogP contribution is -2.27. The largest absolute Gasteiger partial charge is 0.506 e. The van der Waals surface area contributed by atoms with Gasteiger partial charge < -0.3 is 29.8 Å². The lowest BCUT2D eigenvalue weighted by molar-refractivity contribution is 0.0661. The first kappa shape index (κ1) is 24.8. The molecule has 0 spiro atoms. The number of carboxylic acid groups (broad SMARTS) is 1. The van der Waals surface area contributed by atoms with Crippen LogP contribution >= 0.6 is 12.4 Å². The van der Waals surface area contributed by atoms with Crippen molar-refractivity contribution in [2.45, 2.75) is 32.7 Å². The van der Waals surface area contributed by atoms with Gasteiger partial charge in [0, 0.05) is 49.0 Å². The minimum atomic E-state index is -1.44. The number of ether oxygens (including phenoxy) is 1. The van der Waals surface area contributed by atoms with E-state index in [0.29, 0.717) is 23.6 Å². The van der Waals surface area contributed by atoms with E-state index in [1.54, 1.807) is 0 Å². The number of aromatic carboxylic acids is 1. The van der Waals surface area contributed by atoms with E-state index in [2.05, 4.69) is 20.9 Å². The van der Waals surface area contributed by atoms with Gasteiger partial charge in [-0.05, 0) is 55.5 Å². The molecule has 0 bridgehead atoms. The molecule has 1 saturated heterocycles. The number of aromatic nitrogens is 2. The van der Waals surface area contributed by atoms with E-state index in [9.17, 15) is 19.8 Å². The van der Waals surface area contributed by atoms with E-state index in [4.69, 9.17) is 4.74 Å². The molecule has 3 aromatic rings. The first-order valence-corrected chi connectivity index (χ1v) is 11.0. The number of nitrogens with zero attached hydrogens (tertiary/aromatic N) is 1. The van der Waals surface area contributed by atoms with Gasteiger partial charge in [-0.1, -0.05) is 13.0 Å². The summed E-state index contributed by atoms with van der Waals surface area (Å²) in [7, 11) is 2.03. The molecule has 0 saturated carbocycles. The van der Waals surface area contributed by atoms with E-state index >= 15 is 0 Å². The molecule has 1 aliphatic rings. The molecule has 4 N–H and O–H groups in total. The van der Waals surface area contributed by atoms with Crippen LogP contribution in [0.25, 0.3) is 22.2 Å². The van der Waals surface area contributed by atoms with Crippen molar-refractivity contribution >= 4 is 29.3 Å². The van der Waals surface area contributed by atoms with Gasteiger partial charge in [0.05, 0.1) is 5.69 Å². The Bertz CT molecular complexity index is 1210. The van der Waals surface area contributed by atoms with Gasteiger partial charge in [-0.2, -0.15) is 0 Å². The number of rotatable bonds is 7. The molecular formula is C24H30ClN3O5. The normalized spacial score (nSPS) is 14.4. The predicted molar refractivity (Wildman–Crippen MR) is 129 cm³/mol. The summed E-state index contributed by atoms with van der Waals surface area (Å²) in [6.07, 6.45) is 2.57. The lowest BCUT2D eigenvalue weighted by Gasteiger charge is -2.22. The van der Waals surface area contributed by atoms with E-state index in [-0.39, 0.29) is 12.4 Å². The molecule has 0 unspecified atom stereocenters. The number of halogens is 1. The number of aryl methyl sites for hydroxylation is 1. The van der Waals surface area contributed by atoms with E-state index in [0.717, 1.165) is 61.3 Å². The molecule has 178 valence electrons. The summed E-state index contributed by atoms with van der Waals surface area (Å²) in [5, 5.41) is 24.3. The second kappa shape index (κ2) is 10.4. The van der Waals surface area contributed by atoms with Crippen LogP contribution in [0.5, 0.6) is 5.75 Å². The van der Waals surface area contributed by atoms with Crippen LogP contribution in [0.2, 0.25) is 0 Å². The fourth-order valence-electron chi connectivity index (χ4n) is 4.50. The molecule has 1 aliphatic heterocycles. The molecule has 8 nitrogen and oxygen atoms in total. The Hall–Kier alpha value is -2.81. The molecule has 3 heterocycles. The van der Waals surface area contributed by atoms with Gasteiger partial charge in [0.15, 0.2) is 5.56 Å². The third kappa shape index (κ3) is 4.93. The Kier molecular flexibility index (Phi) is 7.84. The standard InChI is InChI=1S/C24H29N3O5.ClH/c1-3-18-21(26-23(29)20(22(18)28)24(30)31)15-4-5-19-16(10-15)11-17(27(19)2)13-25-12-14-6-8-32-9-7-14;/h4-5,10-11,14,25H,3,6-9,12-13H2,1-2H3,(H,30,31)(H2,26,28,29);1H. The fraction of sp³-hybridized carbons (Fsp3) is 0.417. The van der Waals surface area contributed by atoms with Gasteiger partial charge in [-0.15, -0.1) is 12.4 Å².